The summed E-state index contributed by atoms with van der Waals surface area (Å²) in [7, 11) is 3.18. The molecule has 1 saturated heterocycles. The Morgan fingerprint density at radius 2 is 1.60 bits per heavy atom. The van der Waals surface area contributed by atoms with Gasteiger partial charge in [-0.05, 0) is 59.7 Å². The number of carbonyl (C=O) groups is 1. The first-order valence-electron chi connectivity index (χ1n) is 18.3. The number of rotatable bonds is 21. The summed E-state index contributed by atoms with van der Waals surface area (Å²) in [6.07, 6.45) is 0.356. The maximum Gasteiger partial charge on any atom is 0.222 e. The highest BCUT2D eigenvalue weighted by atomic mass is 16.5. The van der Waals surface area contributed by atoms with Gasteiger partial charge in [-0.2, -0.15) is 0 Å². The number of para-hydroxylation sites is 1. The minimum absolute atomic E-state index is 0.0304. The van der Waals surface area contributed by atoms with Gasteiger partial charge in [0.1, 0.15) is 23.4 Å². The molecule has 0 bridgehead atoms. The summed E-state index contributed by atoms with van der Waals surface area (Å²) < 4.78 is 35.7. The van der Waals surface area contributed by atoms with Crippen LogP contribution in [0.4, 0.5) is 0 Å². The van der Waals surface area contributed by atoms with Crippen molar-refractivity contribution in [3.63, 3.8) is 0 Å². The zero-order chi connectivity index (χ0) is 37.4. The predicted octanol–water partition coefficient (Wildman–Crippen LogP) is 5.61. The number of piperidine rings is 1. The number of carbonyl (C=O) groups excluding carboxylic acids is 1. The van der Waals surface area contributed by atoms with E-state index in [1.54, 1.807) is 24.1 Å². The number of ether oxygens (including phenoxy) is 6. The monoisotopic (exact) mass is 731 g/mol. The van der Waals surface area contributed by atoms with E-state index < -0.39 is 18.3 Å². The van der Waals surface area contributed by atoms with Crippen molar-refractivity contribution in [3.8, 4) is 17.2 Å². The van der Waals surface area contributed by atoms with Crippen molar-refractivity contribution < 1.29 is 48.5 Å². The minimum Gasteiger partial charge on any atom is -0.508 e. The van der Waals surface area contributed by atoms with Crippen molar-refractivity contribution in [3.05, 3.63) is 102 Å². The second kappa shape index (κ2) is 20.9. The van der Waals surface area contributed by atoms with Gasteiger partial charge in [0.25, 0.3) is 0 Å². The topological polar surface area (TPSA) is 136 Å². The fourth-order valence-corrected chi connectivity index (χ4v) is 6.69. The number of phenolic OH excluding ortho intramolecular Hbond substituents is 1. The summed E-state index contributed by atoms with van der Waals surface area (Å²) in [6, 6.07) is 27.1. The highest BCUT2D eigenvalue weighted by Gasteiger charge is 2.41. The molecular formula is C42H53NO10. The summed E-state index contributed by atoms with van der Waals surface area (Å²) in [5.41, 5.74) is 2.64. The number of hydrogen-bond acceptors (Lipinski definition) is 10. The number of aliphatic hydroxyl groups is 2. The fourth-order valence-electron chi connectivity index (χ4n) is 6.69. The summed E-state index contributed by atoms with van der Waals surface area (Å²) in [6.45, 7) is 2.42. The third-order valence-electron chi connectivity index (χ3n) is 9.40. The second-order valence-electron chi connectivity index (χ2n) is 13.3. The third kappa shape index (κ3) is 11.6. The number of phenols is 1. The molecule has 11 heteroatoms. The molecule has 1 amide bonds. The lowest BCUT2D eigenvalue weighted by Crippen LogP contribution is -2.55. The van der Waals surface area contributed by atoms with E-state index in [0.717, 1.165) is 33.2 Å². The molecule has 5 rings (SSSR count). The van der Waals surface area contributed by atoms with Crippen molar-refractivity contribution in [2.75, 3.05) is 60.3 Å². The van der Waals surface area contributed by atoms with Crippen molar-refractivity contribution in [1.82, 2.24) is 4.90 Å². The van der Waals surface area contributed by atoms with Crippen LogP contribution >= 0.6 is 0 Å². The zero-order valence-corrected chi connectivity index (χ0v) is 30.7. The van der Waals surface area contributed by atoms with Gasteiger partial charge in [0.05, 0.1) is 59.0 Å². The highest BCUT2D eigenvalue weighted by Crippen LogP contribution is 2.36. The van der Waals surface area contributed by atoms with Crippen LogP contribution in [-0.2, 0) is 37.0 Å². The Morgan fingerprint density at radius 3 is 2.36 bits per heavy atom. The summed E-state index contributed by atoms with van der Waals surface area (Å²) in [5, 5.41) is 31.8. The number of nitrogens with zero attached hydrogens (tertiary/aromatic N) is 1. The molecular weight excluding hydrogens is 678 g/mol. The van der Waals surface area contributed by atoms with E-state index in [-0.39, 0.29) is 44.0 Å². The molecule has 4 aromatic rings. The van der Waals surface area contributed by atoms with Crippen molar-refractivity contribution >= 4 is 16.7 Å². The molecule has 1 heterocycles. The molecule has 1 fully saturated rings. The van der Waals surface area contributed by atoms with Gasteiger partial charge in [-0.3, -0.25) is 4.79 Å². The maximum atomic E-state index is 13.5. The predicted molar refractivity (Wildman–Crippen MR) is 201 cm³/mol. The lowest BCUT2D eigenvalue weighted by Gasteiger charge is -2.44. The summed E-state index contributed by atoms with van der Waals surface area (Å²) in [4.78, 5) is 15.2. The van der Waals surface area contributed by atoms with Gasteiger partial charge >= 0.3 is 0 Å². The lowest BCUT2D eigenvalue weighted by atomic mass is 9.84. The van der Waals surface area contributed by atoms with Crippen LogP contribution in [0.5, 0.6) is 17.2 Å². The SMILES string of the molecule is COCC(O)COC1CN(C(=O)CCCCO)CC(OCc2cc(OC)c3ccccc3c2)C1c1ccc(OCCCOCc2ccccc2O)cc1. The van der Waals surface area contributed by atoms with Gasteiger partial charge < -0.3 is 48.6 Å². The first kappa shape index (κ1) is 40.0. The van der Waals surface area contributed by atoms with Crippen molar-refractivity contribution in [1.29, 1.82) is 0 Å². The molecule has 4 aromatic carbocycles. The largest absolute Gasteiger partial charge is 0.508 e. The molecule has 0 spiro atoms. The first-order chi connectivity index (χ1) is 25.9. The van der Waals surface area contributed by atoms with Gasteiger partial charge in [-0.15, -0.1) is 0 Å². The van der Waals surface area contributed by atoms with Gasteiger partial charge in [-0.25, -0.2) is 0 Å². The first-order valence-corrected chi connectivity index (χ1v) is 18.3. The number of aromatic hydroxyl groups is 1. The van der Waals surface area contributed by atoms with Crippen molar-refractivity contribution in [2.24, 2.45) is 0 Å². The minimum atomic E-state index is -0.834. The lowest BCUT2D eigenvalue weighted by molar-refractivity contribution is -0.148. The van der Waals surface area contributed by atoms with E-state index in [1.165, 1.54) is 7.11 Å². The molecule has 4 unspecified atom stereocenters. The molecule has 4 atom stereocenters. The van der Waals surface area contributed by atoms with E-state index in [1.807, 2.05) is 66.7 Å². The average Bonchev–Trinajstić information content (AvgIpc) is 3.18. The van der Waals surface area contributed by atoms with E-state index in [2.05, 4.69) is 6.07 Å². The standard InChI is InChI=1S/C42H53NO10/c1-48-28-34(45)29-53-40-25-43(41(47)14-7-8-19-44)24-39(52-26-30-22-32-10-3-5-12-36(32)38(23-30)49-2)42(40)31-15-17-35(18-16-31)51-21-9-20-50-27-33-11-4-6-13-37(33)46/h3-6,10-13,15-18,22-23,34,39-40,42,44-46H,7-9,14,19-21,24-29H2,1-2H3. The van der Waals surface area contributed by atoms with Gasteiger partial charge in [0, 0.05) is 56.5 Å². The smallest absolute Gasteiger partial charge is 0.222 e. The molecule has 286 valence electrons. The van der Waals surface area contributed by atoms with Crippen molar-refractivity contribution in [2.45, 2.75) is 63.1 Å². The number of aliphatic hydroxyl groups excluding tert-OH is 2. The quantitative estimate of drug-likeness (QED) is 0.0929. The van der Waals surface area contributed by atoms with Gasteiger partial charge in [-0.1, -0.05) is 54.6 Å². The molecule has 0 aromatic heterocycles. The number of fused-ring (bicyclic) bond motifs is 1. The molecule has 53 heavy (non-hydrogen) atoms. The van der Waals surface area contributed by atoms with Crippen LogP contribution in [0.25, 0.3) is 10.8 Å². The van der Waals surface area contributed by atoms with E-state index >= 15 is 0 Å². The molecule has 0 aliphatic carbocycles. The van der Waals surface area contributed by atoms with Crippen LogP contribution in [0.2, 0.25) is 0 Å². The number of methoxy groups -OCH3 is 2. The Kier molecular flexibility index (Phi) is 15.7. The molecule has 1 aliphatic heterocycles. The third-order valence-corrected chi connectivity index (χ3v) is 9.40. The molecule has 3 N–H and O–H groups in total. The fraction of sp³-hybridized carbons (Fsp3) is 0.452. The van der Waals surface area contributed by atoms with Crippen LogP contribution in [0.3, 0.4) is 0 Å². The average molecular weight is 732 g/mol. The number of amides is 1. The Hall–Kier alpha value is -4.23. The number of benzene rings is 4. The van der Waals surface area contributed by atoms with Crippen LogP contribution < -0.4 is 9.47 Å². The van der Waals surface area contributed by atoms with E-state index in [4.69, 9.17) is 28.4 Å². The normalized spacial score (nSPS) is 17.9. The maximum absolute atomic E-state index is 13.5. The zero-order valence-electron chi connectivity index (χ0n) is 30.7. The van der Waals surface area contributed by atoms with Gasteiger partial charge in [0.2, 0.25) is 5.91 Å². The Balaban J connectivity index is 1.31. The number of unbranched alkanes of at least 4 members (excludes halogenated alkanes) is 1. The Labute approximate surface area is 312 Å². The number of likely N-dealkylation sites (tertiary alicyclic amines) is 1. The Morgan fingerprint density at radius 1 is 0.849 bits per heavy atom. The highest BCUT2D eigenvalue weighted by molar-refractivity contribution is 5.89. The van der Waals surface area contributed by atoms with Crippen LogP contribution in [0, 0.1) is 0 Å². The number of hydrogen-bond donors (Lipinski definition) is 3. The Bertz CT molecular complexity index is 1700. The summed E-state index contributed by atoms with van der Waals surface area (Å²) >= 11 is 0. The molecule has 1 aliphatic rings. The molecule has 11 nitrogen and oxygen atoms in total. The molecule has 0 radical (unpaired) electrons. The van der Waals surface area contributed by atoms with E-state index in [9.17, 15) is 20.1 Å². The van der Waals surface area contributed by atoms with Crippen LogP contribution in [0.1, 0.15) is 48.3 Å². The van der Waals surface area contributed by atoms with Crippen LogP contribution in [0.15, 0.2) is 84.9 Å². The van der Waals surface area contributed by atoms with E-state index in [0.29, 0.717) is 64.3 Å². The molecule has 0 saturated carbocycles. The van der Waals surface area contributed by atoms with Gasteiger partial charge in [0.15, 0.2) is 0 Å². The summed E-state index contributed by atoms with van der Waals surface area (Å²) in [5.74, 6) is 1.38. The second-order valence-corrected chi connectivity index (χ2v) is 13.3. The van der Waals surface area contributed by atoms with Crippen LogP contribution in [-0.4, -0.2) is 105 Å².